The van der Waals surface area contributed by atoms with E-state index in [0.29, 0.717) is 25.9 Å². The van der Waals surface area contributed by atoms with Crippen LogP contribution in [0.4, 0.5) is 0 Å². The second-order valence-electron chi connectivity index (χ2n) is 16.8. The molecule has 0 aliphatic rings. The number of carbonyl (C=O) groups excluding carboxylic acids is 2. The largest absolute Gasteiger partial charge is 0.466 e. The first-order valence-corrected chi connectivity index (χ1v) is 24.4. The van der Waals surface area contributed by atoms with Crippen LogP contribution in [-0.4, -0.2) is 47.4 Å². The Hall–Kier alpha value is -1.40. The van der Waals surface area contributed by atoms with Crippen LogP contribution < -0.4 is 5.32 Å². The van der Waals surface area contributed by atoms with Gasteiger partial charge in [-0.2, -0.15) is 0 Å². The molecular weight excluding hydrogens is 683 g/mol. The first kappa shape index (κ1) is 53.6. The minimum absolute atomic E-state index is 0.0224. The number of esters is 1. The third-order valence-corrected chi connectivity index (χ3v) is 11.3. The molecular formula is C49H95NO5. The van der Waals surface area contributed by atoms with E-state index in [1.54, 1.807) is 0 Å². The fraction of sp³-hybridized carbons (Fsp3) is 0.918. The summed E-state index contributed by atoms with van der Waals surface area (Å²) in [7, 11) is 0. The highest BCUT2D eigenvalue weighted by molar-refractivity contribution is 5.76. The van der Waals surface area contributed by atoms with Crippen LogP contribution >= 0.6 is 0 Å². The summed E-state index contributed by atoms with van der Waals surface area (Å²) in [5.74, 6) is -0.0812. The molecule has 0 aromatic rings. The van der Waals surface area contributed by atoms with Crippen molar-refractivity contribution in [2.75, 3.05) is 13.2 Å². The number of ether oxygens (including phenoxy) is 1. The average Bonchev–Trinajstić information content (AvgIpc) is 3.18. The van der Waals surface area contributed by atoms with Gasteiger partial charge in [0, 0.05) is 12.8 Å². The van der Waals surface area contributed by atoms with Crippen LogP contribution in [0.1, 0.15) is 264 Å². The molecule has 6 heteroatoms. The standard InChI is InChI=1S/C49H95NO5/c1-3-5-7-9-11-13-15-16-17-18-19-20-22-27-31-35-39-43-49(54)55-44-40-36-32-28-24-23-26-30-34-38-42-48(53)50-46(45-51)47(52)41-37-33-29-25-21-14-12-10-8-6-4-2/h16-17,46-47,51-52H,3-15,18-45H2,1-2H3,(H,50,53)/b17-16-. The van der Waals surface area contributed by atoms with Gasteiger partial charge in [-0.3, -0.25) is 9.59 Å². The Morgan fingerprint density at radius 1 is 0.491 bits per heavy atom. The Kier molecular flexibility index (Phi) is 44.2. The van der Waals surface area contributed by atoms with Gasteiger partial charge in [0.05, 0.1) is 25.4 Å². The highest BCUT2D eigenvalue weighted by Crippen LogP contribution is 2.16. The second kappa shape index (κ2) is 45.3. The van der Waals surface area contributed by atoms with Crippen molar-refractivity contribution in [2.45, 2.75) is 276 Å². The molecule has 0 aromatic carbocycles. The van der Waals surface area contributed by atoms with E-state index in [9.17, 15) is 19.8 Å². The maximum Gasteiger partial charge on any atom is 0.305 e. The number of nitrogens with one attached hydrogen (secondary N) is 1. The van der Waals surface area contributed by atoms with E-state index in [-0.39, 0.29) is 18.5 Å². The molecule has 0 aliphatic heterocycles. The molecule has 0 spiro atoms. The van der Waals surface area contributed by atoms with Gasteiger partial charge in [0.2, 0.25) is 5.91 Å². The molecule has 2 unspecified atom stereocenters. The molecule has 0 rings (SSSR count). The Morgan fingerprint density at radius 3 is 1.29 bits per heavy atom. The van der Waals surface area contributed by atoms with Crippen LogP contribution in [0.3, 0.4) is 0 Å². The minimum Gasteiger partial charge on any atom is -0.466 e. The lowest BCUT2D eigenvalue weighted by molar-refractivity contribution is -0.143. The zero-order valence-corrected chi connectivity index (χ0v) is 36.9. The molecule has 0 saturated carbocycles. The van der Waals surface area contributed by atoms with E-state index >= 15 is 0 Å². The third kappa shape index (κ3) is 42.0. The molecule has 326 valence electrons. The number of amides is 1. The van der Waals surface area contributed by atoms with Crippen molar-refractivity contribution in [3.8, 4) is 0 Å². The number of aliphatic hydroxyl groups excluding tert-OH is 2. The number of unbranched alkanes of at least 4 members (excludes halogenated alkanes) is 32. The van der Waals surface area contributed by atoms with Gasteiger partial charge in [-0.1, -0.05) is 212 Å². The summed E-state index contributed by atoms with van der Waals surface area (Å²) in [5, 5.41) is 23.1. The molecule has 1 amide bonds. The predicted molar refractivity (Wildman–Crippen MR) is 237 cm³/mol. The van der Waals surface area contributed by atoms with Crippen molar-refractivity contribution >= 4 is 11.9 Å². The first-order chi connectivity index (χ1) is 27.0. The van der Waals surface area contributed by atoms with Crippen LogP contribution in [0.2, 0.25) is 0 Å². The van der Waals surface area contributed by atoms with Gasteiger partial charge < -0.3 is 20.3 Å². The van der Waals surface area contributed by atoms with Crippen LogP contribution in [0.15, 0.2) is 12.2 Å². The molecule has 0 heterocycles. The molecule has 0 aromatic heterocycles. The summed E-state index contributed by atoms with van der Waals surface area (Å²) >= 11 is 0. The van der Waals surface area contributed by atoms with Crippen LogP contribution in [-0.2, 0) is 14.3 Å². The van der Waals surface area contributed by atoms with Gasteiger partial charge in [-0.15, -0.1) is 0 Å². The van der Waals surface area contributed by atoms with Gasteiger partial charge in [0.1, 0.15) is 0 Å². The highest BCUT2D eigenvalue weighted by atomic mass is 16.5. The van der Waals surface area contributed by atoms with Crippen LogP contribution in [0.25, 0.3) is 0 Å². The quantitative estimate of drug-likeness (QED) is 0.0325. The summed E-state index contributed by atoms with van der Waals surface area (Å²) in [6, 6.07) is -0.556. The summed E-state index contributed by atoms with van der Waals surface area (Å²) in [4.78, 5) is 24.4. The number of carbonyl (C=O) groups is 2. The molecule has 0 saturated heterocycles. The summed E-state index contributed by atoms with van der Waals surface area (Å²) in [5.41, 5.74) is 0. The summed E-state index contributed by atoms with van der Waals surface area (Å²) in [6.07, 6.45) is 50.3. The van der Waals surface area contributed by atoms with Crippen molar-refractivity contribution in [3.63, 3.8) is 0 Å². The number of aliphatic hydroxyl groups is 2. The normalized spacial score (nSPS) is 12.7. The molecule has 0 aliphatic carbocycles. The fourth-order valence-corrected chi connectivity index (χ4v) is 7.51. The predicted octanol–water partition coefficient (Wildman–Crippen LogP) is 14.2. The molecule has 0 radical (unpaired) electrons. The Bertz CT molecular complexity index is 817. The van der Waals surface area contributed by atoms with E-state index < -0.39 is 12.1 Å². The van der Waals surface area contributed by atoms with Crippen LogP contribution in [0, 0.1) is 0 Å². The topological polar surface area (TPSA) is 95.9 Å². The van der Waals surface area contributed by atoms with Gasteiger partial charge in [-0.05, 0) is 51.4 Å². The maximum absolute atomic E-state index is 12.4. The van der Waals surface area contributed by atoms with Gasteiger partial charge in [-0.25, -0.2) is 0 Å². The maximum atomic E-state index is 12.4. The van der Waals surface area contributed by atoms with Gasteiger partial charge >= 0.3 is 5.97 Å². The Labute approximate surface area is 342 Å². The van der Waals surface area contributed by atoms with Crippen molar-refractivity contribution in [1.82, 2.24) is 5.32 Å². The lowest BCUT2D eigenvalue weighted by Gasteiger charge is -2.22. The molecule has 0 bridgehead atoms. The monoisotopic (exact) mass is 778 g/mol. The van der Waals surface area contributed by atoms with Crippen LogP contribution in [0.5, 0.6) is 0 Å². The molecule has 0 fully saturated rings. The summed E-state index contributed by atoms with van der Waals surface area (Å²) < 4.78 is 5.45. The lowest BCUT2D eigenvalue weighted by Crippen LogP contribution is -2.45. The molecule has 2 atom stereocenters. The summed E-state index contributed by atoms with van der Waals surface area (Å²) in [6.45, 7) is 4.88. The van der Waals surface area contributed by atoms with Crippen molar-refractivity contribution < 1.29 is 24.5 Å². The third-order valence-electron chi connectivity index (χ3n) is 11.3. The Morgan fingerprint density at radius 2 is 0.855 bits per heavy atom. The lowest BCUT2D eigenvalue weighted by atomic mass is 10.0. The highest BCUT2D eigenvalue weighted by Gasteiger charge is 2.20. The number of hydrogen-bond acceptors (Lipinski definition) is 5. The minimum atomic E-state index is -0.676. The molecule has 6 nitrogen and oxygen atoms in total. The zero-order chi connectivity index (χ0) is 40.1. The van der Waals surface area contributed by atoms with E-state index in [2.05, 4.69) is 31.3 Å². The Balaban J connectivity index is 3.46. The van der Waals surface area contributed by atoms with Gasteiger partial charge in [0.25, 0.3) is 0 Å². The second-order valence-corrected chi connectivity index (χ2v) is 16.8. The van der Waals surface area contributed by atoms with E-state index in [1.807, 2.05) is 0 Å². The zero-order valence-electron chi connectivity index (χ0n) is 36.9. The SMILES string of the molecule is CCCCCCCC/C=C\CCCCCCCCCC(=O)OCCCCCCCCCCCCC(=O)NC(CO)C(O)CCCCCCCCCCCCC. The van der Waals surface area contributed by atoms with Crippen molar-refractivity contribution in [3.05, 3.63) is 12.2 Å². The first-order valence-electron chi connectivity index (χ1n) is 24.4. The van der Waals surface area contributed by atoms with E-state index in [4.69, 9.17) is 4.74 Å². The van der Waals surface area contributed by atoms with E-state index in [1.165, 1.54) is 173 Å². The van der Waals surface area contributed by atoms with Gasteiger partial charge in [0.15, 0.2) is 0 Å². The van der Waals surface area contributed by atoms with Crippen molar-refractivity contribution in [1.29, 1.82) is 0 Å². The number of rotatable bonds is 45. The fourth-order valence-electron chi connectivity index (χ4n) is 7.51. The number of allylic oxidation sites excluding steroid dienone is 2. The average molecular weight is 778 g/mol. The molecule has 55 heavy (non-hydrogen) atoms. The van der Waals surface area contributed by atoms with Crippen molar-refractivity contribution in [2.24, 2.45) is 0 Å². The van der Waals surface area contributed by atoms with E-state index in [0.717, 1.165) is 57.8 Å². The smallest absolute Gasteiger partial charge is 0.305 e. The number of hydrogen-bond donors (Lipinski definition) is 3. The molecule has 3 N–H and O–H groups in total.